The van der Waals surface area contributed by atoms with Gasteiger partial charge in [-0.15, -0.1) is 10.2 Å². The number of likely N-dealkylation sites (tertiary alicyclic amines) is 3. The standard InChI is InChI=1S/C27H33N5O4.C22H23N3O2.2C19H25N3O3S.C18H23N3O3S.CH4/c1-18(2)15-22(28-27(34)24-8-7-20(35-24)10-14-33)26-30-29-25-9-11-31(12-13-32(25)26)17-21-16-19-5-3-4-6-23(19)36-21;1-16-5-4-6-17(13-16)15-25-12-11-24(10-9-21(25)26)22(27)20-14-18-7-2-3-8-19(18)23-20;2*1-13-9-5-6-10-16(13)20-26(24,25)18-15(3)21(4)14(2)17(18)19(23)22-11-7-8-12-22;1-13-16(18(22)21-11-7-8-12-21)17(14(2)20(13)3)25(23,24)19-15-9-5-4-6-10-15;/h3-8,16,18,22,33H,9-15,17H2,1-2H3,(H,28,34);2-8,13-14,23H,9-12,15H2,1H3;2*5-6,9-10,20H,7-8,11-12H2,1-4H3;4-6,9-10,19H,7-8,11-12H2,1-3H3;1H4. The van der Waals surface area contributed by atoms with E-state index in [2.05, 4.69) is 89.2 Å². The van der Waals surface area contributed by atoms with Gasteiger partial charge in [-0.1, -0.05) is 142 Å². The van der Waals surface area contributed by atoms with Crippen LogP contribution in [0.2, 0.25) is 0 Å². The summed E-state index contributed by atoms with van der Waals surface area (Å²) in [4.78, 5) is 92.1. The lowest BCUT2D eigenvalue weighted by Gasteiger charge is -2.22. The van der Waals surface area contributed by atoms with Crippen LogP contribution in [0, 0.1) is 68.2 Å². The van der Waals surface area contributed by atoms with E-state index in [9.17, 15) is 54.0 Å². The van der Waals surface area contributed by atoms with E-state index in [1.807, 2.05) is 110 Å². The van der Waals surface area contributed by atoms with E-state index >= 15 is 0 Å². The number of benzene rings is 6. The zero-order chi connectivity index (χ0) is 100. The number of anilines is 3. The van der Waals surface area contributed by atoms with Crippen LogP contribution in [0.25, 0.3) is 21.9 Å². The van der Waals surface area contributed by atoms with Crippen molar-refractivity contribution in [1.82, 2.24) is 68.2 Å². The molecular weight excluding hydrogens is 1850 g/mol. The minimum absolute atomic E-state index is 0. The molecule has 0 saturated carbocycles. The number of carbonyl (C=O) groups excluding carboxylic acids is 6. The number of nitrogens with one attached hydrogen (secondary N) is 5. The monoisotopic (exact) mass is 1980 g/mol. The predicted molar refractivity (Wildman–Crippen MR) is 548 cm³/mol. The van der Waals surface area contributed by atoms with E-state index < -0.39 is 30.1 Å². The first kappa shape index (κ1) is 105. The van der Waals surface area contributed by atoms with Crippen molar-refractivity contribution >= 4 is 104 Å². The van der Waals surface area contributed by atoms with E-state index in [4.69, 9.17) is 13.9 Å². The Morgan fingerprint density at radius 3 is 1.47 bits per heavy atom. The lowest BCUT2D eigenvalue weighted by Crippen LogP contribution is -2.35. The largest absolute Gasteiger partial charge is 0.460 e. The van der Waals surface area contributed by atoms with Crippen molar-refractivity contribution < 1.29 is 68.0 Å². The molecule has 0 aliphatic carbocycles. The number of aromatic amines is 1. The second kappa shape index (κ2) is 45.9. The molecule has 1 unspecified atom stereocenters. The zero-order valence-electron chi connectivity index (χ0n) is 82.3. The van der Waals surface area contributed by atoms with E-state index in [1.165, 1.54) is 5.56 Å². The number of furan rings is 2. The number of carbonyl (C=O) groups is 6. The van der Waals surface area contributed by atoms with E-state index in [0.29, 0.717) is 147 Å². The Hall–Kier alpha value is -13.4. The van der Waals surface area contributed by atoms with Crippen molar-refractivity contribution in [3.63, 3.8) is 0 Å². The Morgan fingerprint density at radius 2 is 0.957 bits per heavy atom. The molecule has 32 nitrogen and oxygen atoms in total. The maximum absolute atomic E-state index is 13.2. The number of hydrogen-bond acceptors (Lipinski definition) is 18. The highest BCUT2D eigenvalue weighted by atomic mass is 32.2. The molecule has 6 N–H and O–H groups in total. The van der Waals surface area contributed by atoms with Crippen LogP contribution in [0.15, 0.2) is 199 Å². The van der Waals surface area contributed by atoms with Gasteiger partial charge >= 0.3 is 0 Å². The van der Waals surface area contributed by atoms with Gasteiger partial charge in [0.1, 0.15) is 43.3 Å². The summed E-state index contributed by atoms with van der Waals surface area (Å²) in [7, 11) is -6.29. The first-order valence-electron chi connectivity index (χ1n) is 47.8. The Kier molecular flexibility index (Phi) is 34.2. The summed E-state index contributed by atoms with van der Waals surface area (Å²) in [5.74, 6) is 3.00. The fourth-order valence-corrected chi connectivity index (χ4v) is 23.5. The molecule has 6 amide bonds. The van der Waals surface area contributed by atoms with Crippen molar-refractivity contribution in [3.05, 3.63) is 284 Å². The van der Waals surface area contributed by atoms with Gasteiger partial charge in [-0.25, -0.2) is 25.3 Å². The van der Waals surface area contributed by atoms with Gasteiger partial charge in [0.05, 0.1) is 47.3 Å². The molecular formula is C106H133N17O15S3. The fraction of sp³-hybridized carbons (Fsp3) is 0.396. The first-order valence-corrected chi connectivity index (χ1v) is 52.3. The van der Waals surface area contributed by atoms with E-state index in [0.717, 1.165) is 134 Å². The van der Waals surface area contributed by atoms with E-state index in [-0.39, 0.29) is 92.7 Å². The molecule has 6 aromatic carbocycles. The molecule has 1 atom stereocenters. The van der Waals surface area contributed by atoms with E-state index in [1.54, 1.807) is 157 Å². The van der Waals surface area contributed by atoms with Gasteiger partial charge in [0.2, 0.25) is 5.91 Å². The number of aliphatic hydroxyl groups excluding tert-OH is 1. The highest BCUT2D eigenvalue weighted by Crippen LogP contribution is 2.37. The highest BCUT2D eigenvalue weighted by Gasteiger charge is 2.39. The molecule has 13 aromatic rings. The molecule has 5 aliphatic heterocycles. The van der Waals surface area contributed by atoms with Crippen LogP contribution >= 0.6 is 0 Å². The number of sulfonamides is 3. The molecule has 7 aromatic heterocycles. The third-order valence-corrected chi connectivity index (χ3v) is 31.5. The maximum Gasteiger partial charge on any atom is 0.287 e. The third kappa shape index (κ3) is 24.5. The predicted octanol–water partition coefficient (Wildman–Crippen LogP) is 16.4. The van der Waals surface area contributed by atoms with Crippen LogP contribution in [0.3, 0.4) is 0 Å². The number of para-hydroxylation sites is 5. The number of rotatable bonds is 24. The van der Waals surface area contributed by atoms with Crippen LogP contribution in [-0.4, -0.2) is 207 Å². The van der Waals surface area contributed by atoms with Crippen LogP contribution < -0.4 is 19.5 Å². The average Bonchev–Trinajstić information content (AvgIpc) is 1.59. The van der Waals surface area contributed by atoms with Crippen molar-refractivity contribution in [2.75, 3.05) is 92.8 Å². The maximum atomic E-state index is 13.2. The van der Waals surface area contributed by atoms with Crippen LogP contribution in [0.4, 0.5) is 17.1 Å². The third-order valence-electron chi connectivity index (χ3n) is 26.9. The smallest absolute Gasteiger partial charge is 0.287 e. The molecule has 0 spiro atoms. The SMILES string of the molecule is C.CC(C)CC(NC(=O)c1ccc(CCO)o1)c1nnc2n1CCN(Cc1cc3ccccc3o1)CC2.Cc1c(C(=O)N2CCCC2)c(S(=O)(=O)Nc2ccccc2)c(C)n1C.Cc1cccc(CN2CCN(C(=O)c3cc4ccccc4[nH]3)CCC2=O)c1.Cc1ccccc1NS(=O)(=O)c1c(C(=O)N2CCCC2)c(C)n(C)c1C.Cc1ccccc1NS(=O)(=O)c1c(C(=O)N2CCCC2)c(C)n(C)c1C. The number of amides is 6. The number of aliphatic hydroxyl groups is 1. The molecule has 12 heterocycles. The van der Waals surface area contributed by atoms with Gasteiger partial charge in [-0.2, -0.15) is 0 Å². The molecule has 18 rings (SSSR count). The first-order chi connectivity index (χ1) is 66.9. The number of hydrogen-bond donors (Lipinski definition) is 6. The lowest BCUT2D eigenvalue weighted by atomic mass is 10.0. The van der Waals surface area contributed by atoms with Crippen molar-refractivity contribution in [3.8, 4) is 0 Å². The van der Waals surface area contributed by atoms with Crippen molar-refractivity contribution in [2.24, 2.45) is 27.1 Å². The molecule has 0 bridgehead atoms. The van der Waals surface area contributed by atoms with Crippen LogP contribution in [0.5, 0.6) is 0 Å². The van der Waals surface area contributed by atoms with Gasteiger partial charge < -0.3 is 67.0 Å². The fourth-order valence-electron chi connectivity index (χ4n) is 18.6. The molecule has 35 heteroatoms. The second-order valence-electron chi connectivity index (χ2n) is 37.0. The lowest BCUT2D eigenvalue weighted by molar-refractivity contribution is -0.131. The van der Waals surface area contributed by atoms with Crippen molar-refractivity contribution in [2.45, 2.75) is 188 Å². The van der Waals surface area contributed by atoms with Crippen LogP contribution in [0.1, 0.15) is 210 Å². The zero-order valence-corrected chi connectivity index (χ0v) is 84.8. The molecule has 0 radical (unpaired) electrons. The number of aromatic nitrogens is 7. The molecule has 141 heavy (non-hydrogen) atoms. The minimum atomic E-state index is -3.89. The topological polar surface area (TPSA) is 380 Å². The van der Waals surface area contributed by atoms with Crippen molar-refractivity contribution in [1.29, 1.82) is 0 Å². The van der Waals surface area contributed by atoms with Gasteiger partial charge in [0.15, 0.2) is 11.6 Å². The normalized spacial score (nSPS) is 14.8. The molecule has 5 aliphatic rings. The number of nitrogens with zero attached hydrogens (tertiary/aromatic N) is 12. The summed E-state index contributed by atoms with van der Waals surface area (Å²) in [6.07, 6.45) is 8.00. The Bertz CT molecular complexity index is 6820. The summed E-state index contributed by atoms with van der Waals surface area (Å²) < 4.78 is 106. The molecule has 4 saturated heterocycles. The summed E-state index contributed by atoms with van der Waals surface area (Å²) >= 11 is 0. The summed E-state index contributed by atoms with van der Waals surface area (Å²) in [5.41, 5.74) is 12.5. The molecule has 750 valence electrons. The Morgan fingerprint density at radius 1 is 0.461 bits per heavy atom. The molecule has 4 fully saturated rings. The Labute approximate surface area is 827 Å². The number of H-pyrrole nitrogens is 1. The average molecular weight is 1980 g/mol. The number of fused-ring (bicyclic) bond motifs is 3. The highest BCUT2D eigenvalue weighted by molar-refractivity contribution is 7.93. The van der Waals surface area contributed by atoms with Gasteiger partial charge in [-0.3, -0.25) is 47.8 Å². The van der Waals surface area contributed by atoms with Gasteiger partial charge in [0, 0.05) is 182 Å². The summed E-state index contributed by atoms with van der Waals surface area (Å²) in [6.45, 7) is 29.9. The summed E-state index contributed by atoms with van der Waals surface area (Å²) in [5, 5.41) is 23.4. The quantitative estimate of drug-likeness (QED) is 0.0327. The minimum Gasteiger partial charge on any atom is -0.460 e. The van der Waals surface area contributed by atoms with Crippen LogP contribution in [-0.2, 0) is 88.5 Å². The second-order valence-corrected chi connectivity index (χ2v) is 41.9. The van der Waals surface area contributed by atoms with Gasteiger partial charge in [-0.05, 0) is 191 Å². The summed E-state index contributed by atoms with van der Waals surface area (Å²) in [6, 6.07) is 54.3. The Balaban J connectivity index is 0.000000149. The van der Waals surface area contributed by atoms with Gasteiger partial charge in [0.25, 0.3) is 59.6 Å². The number of aryl methyl sites for hydroxylation is 3.